The molecular weight excluding hydrogens is 789 g/mol. The summed E-state index contributed by atoms with van der Waals surface area (Å²) in [5.74, 6) is -1.63. The number of nitrogens with zero attached hydrogens (tertiary/aromatic N) is 5. The highest BCUT2D eigenvalue weighted by Crippen LogP contribution is 2.45. The van der Waals surface area contributed by atoms with Gasteiger partial charge in [0.05, 0.1) is 26.7 Å². The molecule has 0 aromatic heterocycles. The summed E-state index contributed by atoms with van der Waals surface area (Å²) >= 11 is 0. The van der Waals surface area contributed by atoms with Crippen LogP contribution < -0.4 is 5.73 Å². The summed E-state index contributed by atoms with van der Waals surface area (Å²) in [5.41, 5.74) is 7.48. The number of hydrogen-bond acceptors (Lipinski definition) is 11. The Bertz CT molecular complexity index is 1110. The molecule has 0 radical (unpaired) electrons. The van der Waals surface area contributed by atoms with Crippen molar-refractivity contribution < 1.29 is 24.5 Å². The quantitative estimate of drug-likeness (QED) is 0.0235. The average Bonchev–Trinajstić information content (AvgIpc) is 3.29. The van der Waals surface area contributed by atoms with Crippen LogP contribution in [0.15, 0.2) is 17.6 Å². The summed E-state index contributed by atoms with van der Waals surface area (Å²) in [6.07, 6.45) is 37.7. The van der Waals surface area contributed by atoms with Crippen molar-refractivity contribution in [3.63, 3.8) is 0 Å². The highest BCUT2D eigenvalue weighted by atomic mass is 16.6. The molecule has 63 heavy (non-hydrogen) atoms. The molecule has 0 aliphatic carbocycles. The number of ether oxygens (including phenoxy) is 2. The third-order valence-corrected chi connectivity index (χ3v) is 13.3. The number of hydrogen-bond donors (Lipinski definition) is 3. The lowest BCUT2D eigenvalue weighted by molar-refractivity contribution is -0.259. The standard InChI is InChI=1S/C52H104N6O5/c1-7-13-18-23-28-33-38-51(55(47-59)40-35-30-25-20-15-9-3)54-50(53)57(41-36-31-26-21-16-10-4)52(39-34-29-24-19-14-8-2,58(51)42-37-32-27-22-17-11-5)56(48-60)43-44-62-45-46-63-49(61)12-6/h12,59-60H,6-11,13-48H2,1-5H3,(H2,53,54). The van der Waals surface area contributed by atoms with E-state index in [4.69, 9.17) is 20.2 Å². The van der Waals surface area contributed by atoms with E-state index in [0.29, 0.717) is 19.1 Å². The van der Waals surface area contributed by atoms with Gasteiger partial charge in [-0.2, -0.15) is 0 Å². The van der Waals surface area contributed by atoms with Gasteiger partial charge in [0.15, 0.2) is 17.5 Å². The minimum Gasteiger partial charge on any atom is -0.460 e. The van der Waals surface area contributed by atoms with Crippen molar-refractivity contribution in [2.45, 2.75) is 252 Å². The molecule has 0 saturated heterocycles. The summed E-state index contributed by atoms with van der Waals surface area (Å²) in [7, 11) is 0. The Labute approximate surface area is 389 Å². The molecule has 2 atom stereocenters. The van der Waals surface area contributed by atoms with E-state index in [1.54, 1.807) is 0 Å². The normalized spacial score (nSPS) is 18.2. The van der Waals surface area contributed by atoms with E-state index < -0.39 is 17.5 Å². The molecule has 1 rings (SSSR count). The number of aliphatic hydroxyl groups is 2. The van der Waals surface area contributed by atoms with Crippen LogP contribution in [0.2, 0.25) is 0 Å². The Kier molecular flexibility index (Phi) is 37.1. The lowest BCUT2D eigenvalue weighted by Crippen LogP contribution is -2.82. The van der Waals surface area contributed by atoms with E-state index in [1.165, 1.54) is 134 Å². The smallest absolute Gasteiger partial charge is 0.330 e. The molecule has 11 heteroatoms. The van der Waals surface area contributed by atoms with Crippen LogP contribution in [0.5, 0.6) is 0 Å². The van der Waals surface area contributed by atoms with Crippen molar-refractivity contribution in [1.29, 1.82) is 0 Å². The number of aliphatic hydroxyl groups excluding tert-OH is 2. The van der Waals surface area contributed by atoms with E-state index in [-0.39, 0.29) is 26.7 Å². The zero-order valence-electron chi connectivity index (χ0n) is 42.2. The number of carbonyl (C=O) groups excluding carboxylic acids is 1. The van der Waals surface area contributed by atoms with Crippen LogP contribution >= 0.6 is 0 Å². The van der Waals surface area contributed by atoms with Crippen LogP contribution in [0.1, 0.15) is 240 Å². The summed E-state index contributed by atoms with van der Waals surface area (Å²) in [4.78, 5) is 27.0. The zero-order valence-corrected chi connectivity index (χ0v) is 42.2. The van der Waals surface area contributed by atoms with Crippen LogP contribution in [0.4, 0.5) is 0 Å². The summed E-state index contributed by atoms with van der Waals surface area (Å²) in [6.45, 7) is 18.0. The summed E-state index contributed by atoms with van der Waals surface area (Å²) in [6, 6.07) is 0. The Morgan fingerprint density at radius 1 is 0.587 bits per heavy atom. The van der Waals surface area contributed by atoms with E-state index >= 15 is 0 Å². The number of aliphatic imine (C=N–C) groups is 1. The monoisotopic (exact) mass is 893 g/mol. The molecule has 0 fully saturated rings. The maximum absolute atomic E-state index is 11.8. The van der Waals surface area contributed by atoms with Gasteiger partial charge in [-0.3, -0.25) is 0 Å². The summed E-state index contributed by atoms with van der Waals surface area (Å²) < 4.78 is 11.4. The van der Waals surface area contributed by atoms with Crippen molar-refractivity contribution in [2.24, 2.45) is 10.7 Å². The van der Waals surface area contributed by atoms with Gasteiger partial charge in [0.2, 0.25) is 0 Å². The molecule has 11 nitrogen and oxygen atoms in total. The topological polar surface area (TPSA) is 127 Å². The third-order valence-electron chi connectivity index (χ3n) is 13.3. The molecule has 4 N–H and O–H groups in total. The number of rotatable bonds is 46. The molecule has 372 valence electrons. The maximum atomic E-state index is 11.8. The fourth-order valence-corrected chi connectivity index (χ4v) is 9.66. The molecular formula is C52H104N6O5. The minimum atomic E-state index is -0.885. The van der Waals surface area contributed by atoms with Gasteiger partial charge in [0.25, 0.3) is 0 Å². The van der Waals surface area contributed by atoms with Gasteiger partial charge in [-0.15, -0.1) is 0 Å². The van der Waals surface area contributed by atoms with Crippen molar-refractivity contribution in [2.75, 3.05) is 59.5 Å². The second kappa shape index (κ2) is 39.4. The Morgan fingerprint density at radius 3 is 1.52 bits per heavy atom. The molecule has 0 spiro atoms. The largest absolute Gasteiger partial charge is 0.460 e. The summed E-state index contributed by atoms with van der Waals surface area (Å²) in [5, 5.41) is 23.4. The number of guanidine groups is 1. The van der Waals surface area contributed by atoms with E-state index in [2.05, 4.69) is 60.8 Å². The van der Waals surface area contributed by atoms with Crippen LogP contribution in [0.3, 0.4) is 0 Å². The van der Waals surface area contributed by atoms with E-state index in [1.807, 2.05) is 0 Å². The van der Waals surface area contributed by atoms with E-state index in [9.17, 15) is 15.0 Å². The Hall–Kier alpha value is -1.76. The predicted octanol–water partition coefficient (Wildman–Crippen LogP) is 12.1. The van der Waals surface area contributed by atoms with Gasteiger partial charge in [-0.25, -0.2) is 24.5 Å². The number of carbonyl (C=O) groups is 1. The number of nitrogens with two attached hydrogens (primary N) is 1. The first-order chi connectivity index (χ1) is 30.8. The molecule has 0 saturated carbocycles. The molecule has 1 heterocycles. The van der Waals surface area contributed by atoms with Crippen molar-refractivity contribution in [3.8, 4) is 0 Å². The van der Waals surface area contributed by atoms with Gasteiger partial charge in [0.1, 0.15) is 6.61 Å². The Morgan fingerprint density at radius 2 is 1.03 bits per heavy atom. The fraction of sp³-hybridized carbons (Fsp3) is 0.923. The molecule has 0 aromatic carbocycles. The molecule has 0 aromatic rings. The SMILES string of the molecule is C=CC(=O)OCCOCCN(CO)C1(CCCCCCCC)N(CCCCCCCC)C(N)=NC(CCCCCCCC)(N(CO)CCCCCCCC)N1CCCCCCCC. The fourth-order valence-electron chi connectivity index (χ4n) is 9.66. The van der Waals surface area contributed by atoms with Gasteiger partial charge >= 0.3 is 5.97 Å². The number of unbranched alkanes of at least 4 members (excludes halogenated alkanes) is 25. The first-order valence-electron chi connectivity index (χ1n) is 26.8. The van der Waals surface area contributed by atoms with Gasteiger partial charge < -0.3 is 30.3 Å². The van der Waals surface area contributed by atoms with Crippen molar-refractivity contribution in [1.82, 2.24) is 19.6 Å². The number of esters is 1. The van der Waals surface area contributed by atoms with Gasteiger partial charge in [-0.05, 0) is 38.5 Å². The maximum Gasteiger partial charge on any atom is 0.330 e. The second-order valence-electron chi connectivity index (χ2n) is 18.5. The second-order valence-corrected chi connectivity index (χ2v) is 18.5. The van der Waals surface area contributed by atoms with Gasteiger partial charge in [0, 0.05) is 38.7 Å². The Balaban J connectivity index is 4.06. The average molecular weight is 893 g/mol. The highest BCUT2D eigenvalue weighted by molar-refractivity contribution is 5.81. The van der Waals surface area contributed by atoms with Crippen LogP contribution in [0, 0.1) is 0 Å². The molecule has 1 aliphatic heterocycles. The lowest BCUT2D eigenvalue weighted by Gasteiger charge is -2.65. The lowest BCUT2D eigenvalue weighted by atomic mass is 9.94. The molecule has 0 amide bonds. The van der Waals surface area contributed by atoms with Crippen LogP contribution in [-0.4, -0.2) is 113 Å². The molecule has 1 aliphatic rings. The van der Waals surface area contributed by atoms with Crippen molar-refractivity contribution >= 4 is 11.9 Å². The predicted molar refractivity (Wildman–Crippen MR) is 266 cm³/mol. The first kappa shape index (κ1) is 59.3. The van der Waals surface area contributed by atoms with Gasteiger partial charge in [-0.1, -0.05) is 202 Å². The zero-order chi connectivity index (χ0) is 46.3. The molecule has 0 bridgehead atoms. The first-order valence-corrected chi connectivity index (χ1v) is 26.8. The van der Waals surface area contributed by atoms with Crippen LogP contribution in [-0.2, 0) is 14.3 Å². The van der Waals surface area contributed by atoms with Crippen molar-refractivity contribution in [3.05, 3.63) is 12.7 Å². The van der Waals surface area contributed by atoms with Crippen LogP contribution in [0.25, 0.3) is 0 Å². The minimum absolute atomic E-state index is 0.106. The molecule has 2 unspecified atom stereocenters. The third kappa shape index (κ3) is 23.0. The highest BCUT2D eigenvalue weighted by Gasteiger charge is 2.59. The van der Waals surface area contributed by atoms with E-state index in [0.717, 1.165) is 96.7 Å².